The van der Waals surface area contributed by atoms with Crippen LogP contribution in [-0.4, -0.2) is 24.2 Å². The van der Waals surface area contributed by atoms with Gasteiger partial charge in [-0.1, -0.05) is 6.07 Å². The molecule has 0 radical (unpaired) electrons. The number of methoxy groups -OCH3 is 1. The van der Waals surface area contributed by atoms with Crippen LogP contribution in [0.3, 0.4) is 0 Å². The van der Waals surface area contributed by atoms with Gasteiger partial charge < -0.3 is 9.47 Å². The molecule has 0 bridgehead atoms. The van der Waals surface area contributed by atoms with Gasteiger partial charge in [0.1, 0.15) is 6.10 Å². The van der Waals surface area contributed by atoms with Gasteiger partial charge in [0, 0.05) is 11.8 Å². The summed E-state index contributed by atoms with van der Waals surface area (Å²) in [6.45, 7) is 1.99. The Balaban J connectivity index is 1.87. The van der Waals surface area contributed by atoms with Crippen LogP contribution in [0.5, 0.6) is 5.88 Å². The zero-order chi connectivity index (χ0) is 13.0. The molecular formula is C14H19NO3. The second kappa shape index (κ2) is 5.85. The molecule has 1 saturated carbocycles. The van der Waals surface area contributed by atoms with Gasteiger partial charge in [0.25, 0.3) is 0 Å². The van der Waals surface area contributed by atoms with Gasteiger partial charge in [-0.25, -0.2) is 4.98 Å². The minimum absolute atomic E-state index is 0.0414. The Morgan fingerprint density at radius 3 is 2.67 bits per heavy atom. The highest BCUT2D eigenvalue weighted by Crippen LogP contribution is 2.28. The van der Waals surface area contributed by atoms with Crippen LogP contribution in [-0.2, 0) is 9.53 Å². The van der Waals surface area contributed by atoms with E-state index in [0.29, 0.717) is 5.88 Å². The van der Waals surface area contributed by atoms with E-state index >= 15 is 0 Å². The largest absolute Gasteiger partial charge is 0.474 e. The van der Waals surface area contributed by atoms with Crippen molar-refractivity contribution in [1.29, 1.82) is 0 Å². The van der Waals surface area contributed by atoms with Crippen molar-refractivity contribution in [3.63, 3.8) is 0 Å². The van der Waals surface area contributed by atoms with Gasteiger partial charge in [0.2, 0.25) is 5.88 Å². The van der Waals surface area contributed by atoms with Gasteiger partial charge in [-0.2, -0.15) is 0 Å². The number of hydrogen-bond acceptors (Lipinski definition) is 4. The molecule has 1 aliphatic rings. The maximum absolute atomic E-state index is 11.4. The third-order valence-corrected chi connectivity index (χ3v) is 3.45. The van der Waals surface area contributed by atoms with Crippen molar-refractivity contribution in [3.05, 3.63) is 23.9 Å². The third-order valence-electron chi connectivity index (χ3n) is 3.45. The molecule has 0 saturated heterocycles. The SMILES string of the molecule is COC(=O)[C@H]1CC[C@H](Oc2ncccc2C)CC1. The summed E-state index contributed by atoms with van der Waals surface area (Å²) in [5.41, 5.74) is 1.05. The molecule has 1 aliphatic carbocycles. The lowest BCUT2D eigenvalue weighted by molar-refractivity contribution is -0.147. The first-order valence-electron chi connectivity index (χ1n) is 6.37. The van der Waals surface area contributed by atoms with E-state index in [1.165, 1.54) is 7.11 Å². The predicted molar refractivity (Wildman–Crippen MR) is 67.4 cm³/mol. The van der Waals surface area contributed by atoms with Gasteiger partial charge in [-0.15, -0.1) is 0 Å². The zero-order valence-corrected chi connectivity index (χ0v) is 10.9. The molecule has 0 spiro atoms. The number of carbonyl (C=O) groups is 1. The van der Waals surface area contributed by atoms with Crippen LogP contribution in [0.2, 0.25) is 0 Å². The fraction of sp³-hybridized carbons (Fsp3) is 0.571. The van der Waals surface area contributed by atoms with Gasteiger partial charge in [-0.05, 0) is 38.7 Å². The molecule has 0 atom stereocenters. The van der Waals surface area contributed by atoms with Crippen molar-refractivity contribution in [3.8, 4) is 5.88 Å². The van der Waals surface area contributed by atoms with E-state index in [2.05, 4.69) is 4.98 Å². The quantitative estimate of drug-likeness (QED) is 0.772. The molecule has 1 heterocycles. The van der Waals surface area contributed by atoms with E-state index in [9.17, 15) is 4.79 Å². The molecule has 4 nitrogen and oxygen atoms in total. The van der Waals surface area contributed by atoms with E-state index in [1.54, 1.807) is 6.20 Å². The lowest BCUT2D eigenvalue weighted by Crippen LogP contribution is -2.28. The van der Waals surface area contributed by atoms with E-state index in [4.69, 9.17) is 9.47 Å². The average Bonchev–Trinajstić information content (AvgIpc) is 2.41. The monoisotopic (exact) mass is 249 g/mol. The number of ether oxygens (including phenoxy) is 2. The molecule has 0 aliphatic heterocycles. The fourth-order valence-electron chi connectivity index (χ4n) is 2.34. The Kier molecular flexibility index (Phi) is 4.18. The van der Waals surface area contributed by atoms with Gasteiger partial charge in [0.15, 0.2) is 0 Å². The number of nitrogens with zero attached hydrogens (tertiary/aromatic N) is 1. The summed E-state index contributed by atoms with van der Waals surface area (Å²) in [4.78, 5) is 15.6. The number of rotatable bonds is 3. The summed E-state index contributed by atoms with van der Waals surface area (Å²) < 4.78 is 10.7. The highest BCUT2D eigenvalue weighted by Gasteiger charge is 2.28. The van der Waals surface area contributed by atoms with Crippen molar-refractivity contribution in [2.75, 3.05) is 7.11 Å². The first kappa shape index (κ1) is 12.9. The second-order valence-corrected chi connectivity index (χ2v) is 4.74. The van der Waals surface area contributed by atoms with Crippen LogP contribution in [0.15, 0.2) is 18.3 Å². The van der Waals surface area contributed by atoms with Gasteiger partial charge in [-0.3, -0.25) is 4.79 Å². The number of pyridine rings is 1. The number of aromatic nitrogens is 1. The molecule has 0 aromatic carbocycles. The second-order valence-electron chi connectivity index (χ2n) is 4.74. The molecule has 1 aromatic heterocycles. The van der Waals surface area contributed by atoms with E-state index in [-0.39, 0.29) is 18.0 Å². The Morgan fingerprint density at radius 1 is 1.33 bits per heavy atom. The zero-order valence-electron chi connectivity index (χ0n) is 10.9. The van der Waals surface area contributed by atoms with E-state index < -0.39 is 0 Å². The Morgan fingerprint density at radius 2 is 2.06 bits per heavy atom. The van der Waals surface area contributed by atoms with Crippen molar-refractivity contribution >= 4 is 5.97 Å². The van der Waals surface area contributed by atoms with E-state index in [1.807, 2.05) is 19.1 Å². The molecule has 2 rings (SSSR count). The number of aryl methyl sites for hydroxylation is 1. The molecule has 0 N–H and O–H groups in total. The summed E-state index contributed by atoms with van der Waals surface area (Å²) in [5.74, 6) is 0.654. The Hall–Kier alpha value is -1.58. The Bertz CT molecular complexity index is 411. The maximum atomic E-state index is 11.4. The molecule has 1 fully saturated rings. The highest BCUT2D eigenvalue weighted by molar-refractivity contribution is 5.72. The van der Waals surface area contributed by atoms with Crippen molar-refractivity contribution in [2.24, 2.45) is 5.92 Å². The number of hydrogen-bond donors (Lipinski definition) is 0. The third kappa shape index (κ3) is 3.00. The van der Waals surface area contributed by atoms with Crippen molar-refractivity contribution in [2.45, 2.75) is 38.7 Å². The van der Waals surface area contributed by atoms with Crippen molar-refractivity contribution in [1.82, 2.24) is 4.98 Å². The summed E-state index contributed by atoms with van der Waals surface area (Å²) in [6.07, 6.45) is 5.35. The van der Waals surface area contributed by atoms with Gasteiger partial charge in [0.05, 0.1) is 13.0 Å². The standard InChI is InChI=1S/C14H19NO3/c1-10-4-3-9-15-13(10)18-12-7-5-11(6-8-12)14(16)17-2/h3-4,9,11-12H,5-8H2,1-2H3/t11-,12-. The molecule has 18 heavy (non-hydrogen) atoms. The molecular weight excluding hydrogens is 230 g/mol. The number of esters is 1. The Labute approximate surface area is 107 Å². The van der Waals surface area contributed by atoms with Crippen LogP contribution >= 0.6 is 0 Å². The van der Waals surface area contributed by atoms with Crippen LogP contribution in [0.25, 0.3) is 0 Å². The summed E-state index contributed by atoms with van der Waals surface area (Å²) in [5, 5.41) is 0. The smallest absolute Gasteiger partial charge is 0.308 e. The normalized spacial score (nSPS) is 23.4. The molecule has 0 amide bonds. The fourth-order valence-corrected chi connectivity index (χ4v) is 2.34. The summed E-state index contributed by atoms with van der Waals surface area (Å²) >= 11 is 0. The van der Waals surface area contributed by atoms with Gasteiger partial charge >= 0.3 is 5.97 Å². The molecule has 0 unspecified atom stereocenters. The average molecular weight is 249 g/mol. The lowest BCUT2D eigenvalue weighted by Gasteiger charge is -2.27. The topological polar surface area (TPSA) is 48.4 Å². The molecule has 4 heteroatoms. The highest BCUT2D eigenvalue weighted by atomic mass is 16.5. The first-order chi connectivity index (χ1) is 8.70. The van der Waals surface area contributed by atoms with Crippen LogP contribution in [0, 0.1) is 12.8 Å². The molecule has 98 valence electrons. The van der Waals surface area contributed by atoms with Crippen molar-refractivity contribution < 1.29 is 14.3 Å². The molecule has 1 aromatic rings. The van der Waals surface area contributed by atoms with Crippen LogP contribution < -0.4 is 4.74 Å². The number of carbonyl (C=O) groups excluding carboxylic acids is 1. The lowest BCUT2D eigenvalue weighted by atomic mass is 9.87. The summed E-state index contributed by atoms with van der Waals surface area (Å²) in [6, 6.07) is 3.89. The minimum atomic E-state index is -0.0949. The summed E-state index contributed by atoms with van der Waals surface area (Å²) in [7, 11) is 1.45. The van der Waals surface area contributed by atoms with E-state index in [0.717, 1.165) is 31.2 Å². The minimum Gasteiger partial charge on any atom is -0.474 e. The van der Waals surface area contributed by atoms with Crippen LogP contribution in [0.1, 0.15) is 31.2 Å². The first-order valence-corrected chi connectivity index (χ1v) is 6.37. The maximum Gasteiger partial charge on any atom is 0.308 e. The van der Waals surface area contributed by atoms with Crippen LogP contribution in [0.4, 0.5) is 0 Å². The predicted octanol–water partition coefficient (Wildman–Crippen LogP) is 2.50.